The second-order valence-electron chi connectivity index (χ2n) is 9.13. The molecular weight excluding hydrogens is 467 g/mol. The number of piperidine rings is 1. The number of rotatable bonds is 6. The van der Waals surface area contributed by atoms with Crippen LogP contribution in [0.15, 0.2) is 53.4 Å². The molecule has 0 radical (unpaired) electrons. The van der Waals surface area contributed by atoms with Crippen molar-refractivity contribution < 1.29 is 31.1 Å². The predicted molar refractivity (Wildman–Crippen MR) is 124 cm³/mol. The van der Waals surface area contributed by atoms with Crippen LogP contribution in [0.2, 0.25) is 0 Å². The Kier molecular flexibility index (Phi) is 7.42. The Labute approximate surface area is 198 Å². The van der Waals surface area contributed by atoms with Crippen molar-refractivity contribution in [3.63, 3.8) is 0 Å². The van der Waals surface area contributed by atoms with E-state index in [0.29, 0.717) is 5.75 Å². The van der Waals surface area contributed by atoms with Gasteiger partial charge in [0.05, 0.1) is 28.8 Å². The molecule has 0 atom stereocenters. The number of hydrogen-bond acceptors (Lipinski definition) is 5. The lowest BCUT2D eigenvalue weighted by molar-refractivity contribution is -0.137. The van der Waals surface area contributed by atoms with Gasteiger partial charge in [0.15, 0.2) is 9.84 Å². The maximum atomic E-state index is 12.8. The largest absolute Gasteiger partial charge is 0.490 e. The molecule has 1 heterocycles. The van der Waals surface area contributed by atoms with Crippen LogP contribution in [0.1, 0.15) is 44.1 Å². The summed E-state index contributed by atoms with van der Waals surface area (Å²) in [6.45, 7) is 1.52. The SMILES string of the molecule is CS(=O)(=O)c1ccc(OC2CCC(OC3CCN(c4ccc(C(F)(F)F)cc4)CC3)CC2)cc1. The van der Waals surface area contributed by atoms with Crippen molar-refractivity contribution in [2.45, 2.75) is 67.9 Å². The molecule has 0 amide bonds. The summed E-state index contributed by atoms with van der Waals surface area (Å²) >= 11 is 0. The van der Waals surface area contributed by atoms with Crippen LogP contribution in [0.25, 0.3) is 0 Å². The molecule has 4 rings (SSSR count). The fourth-order valence-electron chi connectivity index (χ4n) is 4.63. The van der Waals surface area contributed by atoms with E-state index in [4.69, 9.17) is 9.47 Å². The topological polar surface area (TPSA) is 55.8 Å². The number of hydrogen-bond donors (Lipinski definition) is 0. The van der Waals surface area contributed by atoms with E-state index in [1.54, 1.807) is 36.4 Å². The molecule has 0 bridgehead atoms. The molecule has 1 saturated carbocycles. The summed E-state index contributed by atoms with van der Waals surface area (Å²) in [6.07, 6.45) is 2.59. The van der Waals surface area contributed by atoms with Crippen LogP contribution >= 0.6 is 0 Å². The first-order valence-corrected chi connectivity index (χ1v) is 13.5. The number of sulfone groups is 1. The van der Waals surface area contributed by atoms with Crippen LogP contribution < -0.4 is 9.64 Å². The van der Waals surface area contributed by atoms with Crippen LogP contribution in [0.5, 0.6) is 5.75 Å². The zero-order valence-corrected chi connectivity index (χ0v) is 19.9. The maximum absolute atomic E-state index is 12.8. The summed E-state index contributed by atoms with van der Waals surface area (Å²) in [5.41, 5.74) is 0.189. The van der Waals surface area contributed by atoms with E-state index in [0.717, 1.165) is 69.4 Å². The van der Waals surface area contributed by atoms with Gasteiger partial charge in [0.1, 0.15) is 5.75 Å². The molecule has 2 fully saturated rings. The van der Waals surface area contributed by atoms with E-state index in [1.165, 1.54) is 6.26 Å². The molecule has 0 spiro atoms. The molecule has 186 valence electrons. The number of nitrogens with zero attached hydrogens (tertiary/aromatic N) is 1. The summed E-state index contributed by atoms with van der Waals surface area (Å²) in [4.78, 5) is 2.39. The molecular formula is C25H30F3NO4S. The first-order valence-electron chi connectivity index (χ1n) is 11.6. The zero-order valence-electron chi connectivity index (χ0n) is 19.1. The average molecular weight is 498 g/mol. The fraction of sp³-hybridized carbons (Fsp3) is 0.520. The van der Waals surface area contributed by atoms with E-state index in [2.05, 4.69) is 4.90 Å². The van der Waals surface area contributed by atoms with E-state index >= 15 is 0 Å². The van der Waals surface area contributed by atoms with Gasteiger partial charge in [-0.2, -0.15) is 13.2 Å². The zero-order chi connectivity index (χ0) is 24.3. The van der Waals surface area contributed by atoms with Crippen molar-refractivity contribution >= 4 is 15.5 Å². The molecule has 0 unspecified atom stereocenters. The van der Waals surface area contributed by atoms with Crippen molar-refractivity contribution in [1.82, 2.24) is 0 Å². The van der Waals surface area contributed by atoms with Gasteiger partial charge >= 0.3 is 6.18 Å². The predicted octanol–water partition coefficient (Wildman–Crippen LogP) is 5.48. The van der Waals surface area contributed by atoms with Gasteiger partial charge in [0.25, 0.3) is 0 Å². The summed E-state index contributed by atoms with van der Waals surface area (Å²) in [5.74, 6) is 0.674. The van der Waals surface area contributed by atoms with Gasteiger partial charge in [-0.05, 0) is 87.1 Å². The first-order chi connectivity index (χ1) is 16.1. The van der Waals surface area contributed by atoms with Crippen LogP contribution in [0.4, 0.5) is 18.9 Å². The molecule has 34 heavy (non-hydrogen) atoms. The van der Waals surface area contributed by atoms with Crippen molar-refractivity contribution in [2.24, 2.45) is 0 Å². The van der Waals surface area contributed by atoms with Gasteiger partial charge in [0, 0.05) is 25.0 Å². The van der Waals surface area contributed by atoms with E-state index in [9.17, 15) is 21.6 Å². The Bertz CT molecular complexity index is 1040. The molecule has 0 N–H and O–H groups in total. The smallest absolute Gasteiger partial charge is 0.416 e. The number of anilines is 1. The molecule has 1 aliphatic carbocycles. The second-order valence-corrected chi connectivity index (χ2v) is 11.1. The van der Waals surface area contributed by atoms with Gasteiger partial charge in [-0.25, -0.2) is 8.42 Å². The Hall–Kier alpha value is -2.26. The minimum absolute atomic E-state index is 0.0884. The Morgan fingerprint density at radius 2 is 1.32 bits per heavy atom. The lowest BCUT2D eigenvalue weighted by atomic mass is 9.94. The molecule has 1 saturated heterocycles. The maximum Gasteiger partial charge on any atom is 0.416 e. The van der Waals surface area contributed by atoms with Crippen molar-refractivity contribution in [2.75, 3.05) is 24.2 Å². The van der Waals surface area contributed by atoms with Crippen LogP contribution in [-0.2, 0) is 20.8 Å². The van der Waals surface area contributed by atoms with Crippen molar-refractivity contribution in [3.8, 4) is 5.75 Å². The summed E-state index contributed by atoms with van der Waals surface area (Å²) in [6, 6.07) is 11.9. The summed E-state index contributed by atoms with van der Waals surface area (Å²) < 4.78 is 73.8. The third-order valence-corrected chi connectivity index (χ3v) is 7.69. The number of ether oxygens (including phenoxy) is 2. The van der Waals surface area contributed by atoms with Gasteiger partial charge in [-0.1, -0.05) is 0 Å². The third-order valence-electron chi connectivity index (χ3n) is 6.56. The minimum Gasteiger partial charge on any atom is -0.490 e. The first kappa shape index (κ1) is 24.9. The van der Waals surface area contributed by atoms with Crippen molar-refractivity contribution in [1.29, 1.82) is 0 Å². The molecule has 0 aromatic heterocycles. The highest BCUT2D eigenvalue weighted by Gasteiger charge is 2.31. The number of halogens is 3. The molecule has 2 aromatic rings. The average Bonchev–Trinajstić information content (AvgIpc) is 2.80. The molecule has 2 aliphatic rings. The molecule has 1 aliphatic heterocycles. The lowest BCUT2D eigenvalue weighted by Crippen LogP contribution is -2.39. The van der Waals surface area contributed by atoms with Gasteiger partial charge in [-0.3, -0.25) is 0 Å². The highest BCUT2D eigenvalue weighted by atomic mass is 32.2. The number of alkyl halides is 3. The summed E-state index contributed by atoms with van der Waals surface area (Å²) in [5, 5.41) is 0. The van der Waals surface area contributed by atoms with Gasteiger partial charge in [0.2, 0.25) is 0 Å². The Balaban J connectivity index is 1.19. The monoisotopic (exact) mass is 497 g/mol. The third kappa shape index (κ3) is 6.44. The van der Waals surface area contributed by atoms with E-state index in [1.807, 2.05) is 0 Å². The number of benzene rings is 2. The molecule has 5 nitrogen and oxygen atoms in total. The lowest BCUT2D eigenvalue weighted by Gasteiger charge is -2.37. The fourth-order valence-corrected chi connectivity index (χ4v) is 5.26. The molecule has 9 heteroatoms. The standard InChI is InChI=1S/C25H30F3NO4S/c1-34(30,31)24-12-10-22(11-13-24)32-20-6-8-21(9-7-20)33-23-14-16-29(17-15-23)19-4-2-18(3-5-19)25(26,27)28/h2-5,10-13,20-21,23H,6-9,14-17H2,1H3. The molecule has 2 aromatic carbocycles. The second kappa shape index (κ2) is 10.2. The Morgan fingerprint density at radius 1 is 0.794 bits per heavy atom. The van der Waals surface area contributed by atoms with Crippen LogP contribution in [0, 0.1) is 0 Å². The normalized spacial score (nSPS) is 22.5. The van der Waals surface area contributed by atoms with Crippen LogP contribution in [0.3, 0.4) is 0 Å². The highest BCUT2D eigenvalue weighted by Crippen LogP contribution is 2.32. The van der Waals surface area contributed by atoms with Gasteiger partial charge in [-0.15, -0.1) is 0 Å². The Morgan fingerprint density at radius 3 is 1.85 bits per heavy atom. The van der Waals surface area contributed by atoms with E-state index in [-0.39, 0.29) is 23.2 Å². The van der Waals surface area contributed by atoms with Crippen molar-refractivity contribution in [3.05, 3.63) is 54.1 Å². The minimum atomic E-state index is -4.31. The van der Waals surface area contributed by atoms with Crippen LogP contribution in [-0.4, -0.2) is 46.1 Å². The van der Waals surface area contributed by atoms with Gasteiger partial charge < -0.3 is 14.4 Å². The van der Waals surface area contributed by atoms with E-state index < -0.39 is 21.6 Å². The summed E-state index contributed by atoms with van der Waals surface area (Å²) in [7, 11) is -3.22. The quantitative estimate of drug-likeness (QED) is 0.529. The highest BCUT2D eigenvalue weighted by molar-refractivity contribution is 7.90.